The summed E-state index contributed by atoms with van der Waals surface area (Å²) in [5, 5.41) is 11.4. The minimum absolute atomic E-state index is 0.204. The van der Waals surface area contributed by atoms with Crippen LogP contribution in [-0.2, 0) is 19.3 Å². The van der Waals surface area contributed by atoms with E-state index in [1.165, 1.54) is 12.1 Å². The van der Waals surface area contributed by atoms with Crippen molar-refractivity contribution in [3.8, 4) is 0 Å². The number of rotatable bonds is 9. The van der Waals surface area contributed by atoms with E-state index in [-0.39, 0.29) is 18.2 Å². The Morgan fingerprint density at radius 2 is 1.79 bits per heavy atom. The number of nitrogens with one attached hydrogen (secondary N) is 1. The number of ether oxygens (including phenoxy) is 1. The number of carbonyl (C=O) groups excluding carboxylic acids is 1. The number of azo groups is 1. The molecule has 0 aromatic heterocycles. The van der Waals surface area contributed by atoms with Gasteiger partial charge >= 0.3 is 16.5 Å². The smallest absolute Gasteiger partial charge is 0.407 e. The quantitative estimate of drug-likeness (QED) is 0.293. The van der Waals surface area contributed by atoms with Crippen molar-refractivity contribution in [3.05, 3.63) is 42.5 Å². The van der Waals surface area contributed by atoms with E-state index in [0.29, 0.717) is 12.2 Å². The Morgan fingerprint density at radius 1 is 1.18 bits per heavy atom. The second-order valence-corrected chi connectivity index (χ2v) is 9.51. The van der Waals surface area contributed by atoms with Crippen LogP contribution in [0.5, 0.6) is 0 Å². The van der Waals surface area contributed by atoms with Crippen LogP contribution in [0.15, 0.2) is 46.9 Å². The van der Waals surface area contributed by atoms with Crippen molar-refractivity contribution >= 4 is 22.2 Å². The molecule has 0 aliphatic carbocycles. The van der Waals surface area contributed by atoms with E-state index in [9.17, 15) is 17.6 Å². The summed E-state index contributed by atoms with van der Waals surface area (Å²) in [7, 11) is -1.35. The topological polar surface area (TPSA) is 133 Å². The maximum Gasteiger partial charge on any atom is 0.407 e. The second kappa shape index (κ2) is 13.8. The third-order valence-corrected chi connectivity index (χ3v) is 4.65. The minimum Gasteiger partial charge on any atom is -0.444 e. The van der Waals surface area contributed by atoms with E-state index < -0.39 is 16.0 Å². The van der Waals surface area contributed by atoms with Crippen LogP contribution >= 0.6 is 0 Å². The summed E-state index contributed by atoms with van der Waals surface area (Å²) in [5.74, 6) is -0.290. The maximum absolute atomic E-state index is 13.0. The number of carbonyl (C=O) groups is 1. The molecule has 1 aromatic rings. The van der Waals surface area contributed by atoms with Crippen molar-refractivity contribution in [2.45, 2.75) is 51.9 Å². The zero-order valence-corrected chi connectivity index (χ0v) is 21.0. The first-order valence-electron chi connectivity index (χ1n) is 10.6. The number of benzene rings is 1. The van der Waals surface area contributed by atoms with Gasteiger partial charge in [0.15, 0.2) is 0 Å². The lowest BCUT2D eigenvalue weighted by atomic mass is 10.2. The largest absolute Gasteiger partial charge is 0.444 e. The first-order valence-corrected chi connectivity index (χ1v) is 12.0. The monoisotopic (exact) mass is 503 g/mol. The van der Waals surface area contributed by atoms with Crippen molar-refractivity contribution in [2.75, 3.05) is 27.2 Å². The van der Waals surface area contributed by atoms with E-state index in [1.54, 1.807) is 12.1 Å². The summed E-state index contributed by atoms with van der Waals surface area (Å²) >= 11 is 0. The fourth-order valence-corrected chi connectivity index (χ4v) is 2.64. The van der Waals surface area contributed by atoms with Crippen LogP contribution in [0.1, 0.15) is 40.0 Å². The molecule has 1 heterocycles. The molecule has 1 aliphatic rings. The summed E-state index contributed by atoms with van der Waals surface area (Å²) < 4.78 is 47.9. The predicted molar refractivity (Wildman–Crippen MR) is 125 cm³/mol. The van der Waals surface area contributed by atoms with Crippen LogP contribution < -0.4 is 5.32 Å². The van der Waals surface area contributed by atoms with E-state index >= 15 is 0 Å². The molecule has 0 saturated carbocycles. The Labute approximate surface area is 200 Å². The molecule has 192 valence electrons. The van der Waals surface area contributed by atoms with Gasteiger partial charge in [0, 0.05) is 32.5 Å². The third kappa shape index (κ3) is 13.1. The molecule has 11 nitrogen and oxygen atoms in total. The zero-order valence-electron chi connectivity index (χ0n) is 20.1. The van der Waals surface area contributed by atoms with Gasteiger partial charge in [-0.05, 0) is 64.3 Å². The van der Waals surface area contributed by atoms with Crippen LogP contribution in [-0.4, -0.2) is 68.0 Å². The molecular formula is C21H34FN5O6S. The molecule has 0 spiro atoms. The van der Waals surface area contributed by atoms with Crippen molar-refractivity contribution < 1.29 is 31.1 Å². The lowest BCUT2D eigenvalue weighted by Gasteiger charge is -2.25. The SMILES string of the molecule is CN1C=CN(CCCCCNC(=O)OC(C)(C)C)C1/N=N/c1ccc(F)cc1.COS(=O)(=O)O. The minimum atomic E-state index is -4.16. The van der Waals surface area contributed by atoms with Crippen LogP contribution in [0.3, 0.4) is 0 Å². The molecule has 1 unspecified atom stereocenters. The molecule has 0 saturated heterocycles. The van der Waals surface area contributed by atoms with E-state index in [0.717, 1.165) is 32.9 Å². The summed E-state index contributed by atoms with van der Waals surface area (Å²) in [6.07, 6.45) is 6.20. The summed E-state index contributed by atoms with van der Waals surface area (Å²) in [4.78, 5) is 15.7. The molecule has 2 rings (SSSR count). The van der Waals surface area contributed by atoms with Gasteiger partial charge in [0.05, 0.1) is 12.8 Å². The van der Waals surface area contributed by atoms with E-state index in [2.05, 4.69) is 24.6 Å². The molecular weight excluding hydrogens is 469 g/mol. The highest BCUT2D eigenvalue weighted by Crippen LogP contribution is 2.20. The maximum atomic E-state index is 13.0. The van der Waals surface area contributed by atoms with Gasteiger partial charge in [-0.1, -0.05) is 0 Å². The first-order chi connectivity index (χ1) is 15.8. The lowest BCUT2D eigenvalue weighted by Crippen LogP contribution is -2.35. The summed E-state index contributed by atoms with van der Waals surface area (Å²) in [6, 6.07) is 5.94. The summed E-state index contributed by atoms with van der Waals surface area (Å²) in [5.41, 5.74) is 0.144. The van der Waals surface area contributed by atoms with Gasteiger partial charge < -0.3 is 19.9 Å². The second-order valence-electron chi connectivity index (χ2n) is 8.32. The molecule has 1 atom stereocenters. The highest BCUT2D eigenvalue weighted by atomic mass is 32.3. The number of hydrogen-bond acceptors (Lipinski definition) is 9. The highest BCUT2D eigenvalue weighted by molar-refractivity contribution is 7.80. The Morgan fingerprint density at radius 3 is 2.35 bits per heavy atom. The number of amides is 1. The fourth-order valence-electron chi connectivity index (χ4n) is 2.64. The molecule has 1 amide bonds. The molecule has 0 fully saturated rings. The number of nitrogens with zero attached hydrogens (tertiary/aromatic N) is 4. The zero-order chi connectivity index (χ0) is 25.8. The highest BCUT2D eigenvalue weighted by Gasteiger charge is 2.22. The Bertz CT molecular complexity index is 919. The van der Waals surface area contributed by atoms with Gasteiger partial charge in [0.1, 0.15) is 11.4 Å². The molecule has 0 bridgehead atoms. The molecule has 13 heteroatoms. The first kappa shape index (κ1) is 29.3. The summed E-state index contributed by atoms with van der Waals surface area (Å²) in [6.45, 7) is 6.96. The predicted octanol–water partition coefficient (Wildman–Crippen LogP) is 4.04. The number of halogens is 1. The van der Waals surface area contributed by atoms with Gasteiger partial charge in [-0.2, -0.15) is 13.5 Å². The molecule has 1 aromatic carbocycles. The number of alkyl carbamates (subject to hydrolysis) is 1. The van der Waals surface area contributed by atoms with Gasteiger partial charge in [0.25, 0.3) is 0 Å². The van der Waals surface area contributed by atoms with Crippen LogP contribution in [0, 0.1) is 5.82 Å². The third-order valence-electron chi connectivity index (χ3n) is 4.23. The standard InChI is InChI=1S/C20H30FN5O2.CH4O4S/c1-20(2,3)28-19(27)22-12-6-5-7-13-26-15-14-25(4)18(26)24-23-17-10-8-16(21)9-11-17;1-5-6(2,3)4/h8-11,14-15,18H,5-7,12-13H2,1-4H3,(H,22,27);1H3,(H,2,3,4)/b24-23+;. The molecule has 2 N–H and O–H groups in total. The van der Waals surface area contributed by atoms with E-state index in [4.69, 9.17) is 9.29 Å². The molecule has 34 heavy (non-hydrogen) atoms. The van der Waals surface area contributed by atoms with Crippen LogP contribution in [0.25, 0.3) is 0 Å². The fraction of sp³-hybridized carbons (Fsp3) is 0.571. The number of unbranched alkanes of at least 4 members (excludes halogenated alkanes) is 2. The average molecular weight is 504 g/mol. The van der Waals surface area contributed by atoms with Gasteiger partial charge in [-0.15, -0.1) is 5.11 Å². The van der Waals surface area contributed by atoms with Crippen molar-refractivity contribution in [1.29, 1.82) is 0 Å². The van der Waals surface area contributed by atoms with Crippen LogP contribution in [0.4, 0.5) is 14.9 Å². The Hall–Kier alpha value is -2.77. The van der Waals surface area contributed by atoms with Crippen molar-refractivity contribution in [2.24, 2.45) is 10.2 Å². The normalized spacial score (nSPS) is 15.9. The van der Waals surface area contributed by atoms with Crippen molar-refractivity contribution in [1.82, 2.24) is 15.1 Å². The molecule has 1 aliphatic heterocycles. The number of hydrogen-bond donors (Lipinski definition) is 2. The van der Waals surface area contributed by atoms with E-state index in [1.807, 2.05) is 45.1 Å². The van der Waals surface area contributed by atoms with Crippen LogP contribution in [0.2, 0.25) is 0 Å². The average Bonchev–Trinajstić information content (AvgIpc) is 3.08. The van der Waals surface area contributed by atoms with Gasteiger partial charge in [-0.3, -0.25) is 8.74 Å². The van der Waals surface area contributed by atoms with Crippen molar-refractivity contribution in [3.63, 3.8) is 0 Å². The van der Waals surface area contributed by atoms with Gasteiger partial charge in [-0.25, -0.2) is 9.18 Å². The molecule has 0 radical (unpaired) electrons. The Kier molecular flexibility index (Phi) is 11.9. The van der Waals surface area contributed by atoms with Gasteiger partial charge in [0.2, 0.25) is 6.29 Å². The Balaban J connectivity index is 0.000000852. The lowest BCUT2D eigenvalue weighted by molar-refractivity contribution is 0.0526.